The molecule has 0 saturated heterocycles. The normalized spacial score (nSPS) is 12.2. The van der Waals surface area contributed by atoms with Crippen LogP contribution in [0.2, 0.25) is 10.0 Å². The highest BCUT2D eigenvalue weighted by Gasteiger charge is 2.40. The Labute approximate surface area is 178 Å². The highest BCUT2D eigenvalue weighted by atomic mass is 35.5. The zero-order valence-corrected chi connectivity index (χ0v) is 16.0. The summed E-state index contributed by atoms with van der Waals surface area (Å²) in [5, 5.41) is 2.30. The second kappa shape index (κ2) is 9.43. The Morgan fingerprint density at radius 3 is 1.97 bits per heavy atom. The second-order valence-corrected chi connectivity index (χ2v) is 6.28. The first-order valence-electron chi connectivity index (χ1n) is 7.67. The summed E-state index contributed by atoms with van der Waals surface area (Å²) in [6.45, 7) is 0. The van der Waals surface area contributed by atoms with Gasteiger partial charge in [-0.25, -0.2) is 13.6 Å². The maximum absolute atomic E-state index is 13.6. The van der Waals surface area contributed by atoms with Crippen LogP contribution < -0.4 is 15.4 Å². The smallest absolute Gasteiger partial charge is 0.426 e. The van der Waals surface area contributed by atoms with Crippen molar-refractivity contribution in [1.82, 2.24) is 5.32 Å². The van der Waals surface area contributed by atoms with Crippen molar-refractivity contribution < 1.29 is 45.1 Å². The van der Waals surface area contributed by atoms with Gasteiger partial charge in [-0.2, -0.15) is 22.0 Å². The van der Waals surface area contributed by atoms with Crippen molar-refractivity contribution in [3.63, 3.8) is 0 Å². The highest BCUT2D eigenvalue weighted by molar-refractivity contribution is 6.37. The van der Waals surface area contributed by atoms with Crippen molar-refractivity contribution >= 4 is 40.8 Å². The van der Waals surface area contributed by atoms with Gasteiger partial charge < -0.3 is 10.1 Å². The quantitative estimate of drug-likeness (QED) is 0.391. The lowest BCUT2D eigenvalue weighted by Crippen LogP contribution is -2.35. The largest absolute Gasteiger partial charge is 0.449 e. The number of alkyl halides is 3. The zero-order valence-electron chi connectivity index (χ0n) is 14.5. The molecule has 5 nitrogen and oxygen atoms in total. The molecule has 2 N–H and O–H groups in total. The molecule has 0 aliphatic heterocycles. The predicted octanol–water partition coefficient (Wildman–Crippen LogP) is 6.28. The van der Waals surface area contributed by atoms with Gasteiger partial charge in [-0.15, -0.1) is 0 Å². The van der Waals surface area contributed by atoms with Gasteiger partial charge >= 0.3 is 18.2 Å². The summed E-state index contributed by atoms with van der Waals surface area (Å²) in [6.07, 6.45) is -5.66. The van der Waals surface area contributed by atoms with Gasteiger partial charge in [0.1, 0.15) is 17.2 Å². The van der Waals surface area contributed by atoms with Gasteiger partial charge in [0.25, 0.3) is 11.7 Å². The number of benzene rings is 2. The van der Waals surface area contributed by atoms with Crippen molar-refractivity contribution in [2.24, 2.45) is 0 Å². The van der Waals surface area contributed by atoms with Crippen molar-refractivity contribution in [2.45, 2.75) is 6.18 Å². The molecule has 31 heavy (non-hydrogen) atoms. The molecule has 14 heteroatoms. The van der Waals surface area contributed by atoms with Crippen molar-refractivity contribution in [1.29, 1.82) is 0 Å². The van der Waals surface area contributed by atoms with Crippen LogP contribution in [0.5, 0.6) is 5.75 Å². The molecule has 0 aromatic heterocycles. The SMILES string of the molecule is O=C(NC(=O)c1c(F)cccc1F)Nc1cc(Cl)c(OC(F)=C(F)C(F)(F)F)c(Cl)c1. The summed E-state index contributed by atoms with van der Waals surface area (Å²) in [7, 11) is 0. The topological polar surface area (TPSA) is 67.4 Å². The Bertz CT molecular complexity index is 1030. The molecule has 0 aliphatic carbocycles. The number of carbonyl (C=O) groups excluding carboxylic acids is 2. The van der Waals surface area contributed by atoms with Crippen LogP contribution in [0.3, 0.4) is 0 Å². The van der Waals surface area contributed by atoms with E-state index in [0.717, 1.165) is 30.3 Å². The Balaban J connectivity index is 2.17. The fourth-order valence-corrected chi connectivity index (χ4v) is 2.58. The van der Waals surface area contributed by atoms with E-state index in [-0.39, 0.29) is 5.69 Å². The Kier molecular flexibility index (Phi) is 7.39. The van der Waals surface area contributed by atoms with Crippen LogP contribution in [-0.2, 0) is 0 Å². The molecule has 2 aromatic rings. The van der Waals surface area contributed by atoms with Crippen LogP contribution in [-0.4, -0.2) is 18.1 Å². The summed E-state index contributed by atoms with van der Waals surface area (Å²) in [5.74, 6) is -7.98. The van der Waals surface area contributed by atoms with Crippen LogP contribution in [0.1, 0.15) is 10.4 Å². The van der Waals surface area contributed by atoms with E-state index in [2.05, 4.69) is 4.74 Å². The monoisotopic (exact) mass is 490 g/mol. The Morgan fingerprint density at radius 2 is 1.48 bits per heavy atom. The van der Waals surface area contributed by atoms with E-state index < -0.39 is 62.9 Å². The number of carbonyl (C=O) groups is 2. The fourth-order valence-electron chi connectivity index (χ4n) is 2.02. The van der Waals surface area contributed by atoms with Crippen LogP contribution >= 0.6 is 23.2 Å². The minimum Gasteiger partial charge on any atom is -0.426 e. The molecule has 0 unspecified atom stereocenters. The number of halogens is 9. The third-order valence-corrected chi connectivity index (χ3v) is 3.85. The minimum absolute atomic E-state index is 0.290. The number of imide groups is 1. The average molecular weight is 491 g/mol. The number of ether oxygens (including phenoxy) is 1. The molecule has 0 heterocycles. The molecule has 3 amide bonds. The number of hydrogen-bond acceptors (Lipinski definition) is 3. The lowest BCUT2D eigenvalue weighted by atomic mass is 10.2. The maximum atomic E-state index is 13.6. The summed E-state index contributed by atoms with van der Waals surface area (Å²) < 4.78 is 93.7. The second-order valence-electron chi connectivity index (χ2n) is 5.46. The van der Waals surface area contributed by atoms with Gasteiger partial charge in [0.2, 0.25) is 0 Å². The number of hydrogen-bond donors (Lipinski definition) is 2. The molecule has 0 bridgehead atoms. The maximum Gasteiger partial charge on any atom is 0.449 e. The van der Waals surface area contributed by atoms with Crippen LogP contribution in [0, 0.1) is 11.6 Å². The minimum atomic E-state index is -5.66. The van der Waals surface area contributed by atoms with Gasteiger partial charge in [0.15, 0.2) is 5.75 Å². The molecule has 0 saturated carbocycles. The predicted molar refractivity (Wildman–Crippen MR) is 95.2 cm³/mol. The van der Waals surface area contributed by atoms with Crippen LogP contribution in [0.25, 0.3) is 0 Å². The Morgan fingerprint density at radius 1 is 0.968 bits per heavy atom. The first-order chi connectivity index (χ1) is 14.3. The van der Waals surface area contributed by atoms with Crippen LogP contribution in [0.15, 0.2) is 42.2 Å². The molecule has 0 atom stereocenters. The third kappa shape index (κ3) is 6.01. The molecular formula is C17H7Cl2F7N2O3. The number of nitrogens with one attached hydrogen (secondary N) is 2. The first kappa shape index (κ1) is 24.3. The lowest BCUT2D eigenvalue weighted by molar-refractivity contribution is -0.114. The van der Waals surface area contributed by atoms with Crippen molar-refractivity contribution in [2.75, 3.05) is 5.32 Å². The molecule has 166 valence electrons. The summed E-state index contributed by atoms with van der Waals surface area (Å²) in [4.78, 5) is 23.7. The number of amides is 3. The van der Waals surface area contributed by atoms with E-state index >= 15 is 0 Å². The highest BCUT2D eigenvalue weighted by Crippen LogP contribution is 2.39. The summed E-state index contributed by atoms with van der Waals surface area (Å²) in [5.41, 5.74) is -1.33. The Hall–Kier alpha value is -2.99. The van der Waals surface area contributed by atoms with Gasteiger partial charge in [0.05, 0.1) is 10.0 Å². The van der Waals surface area contributed by atoms with Gasteiger partial charge in [0, 0.05) is 5.69 Å². The standard InChI is InChI=1S/C17H7Cl2F7N2O3/c18-7-4-6(5-8(19)12(7)31-14(23)13(22)17(24,25)26)27-16(30)28-15(29)11-9(20)2-1-3-10(11)21/h1-5H,(H2,27,28,29,30). The molecule has 0 radical (unpaired) electrons. The average Bonchev–Trinajstić information content (AvgIpc) is 2.62. The third-order valence-electron chi connectivity index (χ3n) is 3.29. The molecule has 0 fully saturated rings. The summed E-state index contributed by atoms with van der Waals surface area (Å²) in [6, 6.07) is 0.195. The van der Waals surface area contributed by atoms with E-state index in [1.54, 1.807) is 5.32 Å². The van der Waals surface area contributed by atoms with E-state index in [1.165, 1.54) is 0 Å². The van der Waals surface area contributed by atoms with Crippen molar-refractivity contribution in [3.05, 3.63) is 69.4 Å². The summed E-state index contributed by atoms with van der Waals surface area (Å²) >= 11 is 11.4. The lowest BCUT2D eigenvalue weighted by Gasteiger charge is -2.12. The van der Waals surface area contributed by atoms with Gasteiger partial charge in [-0.05, 0) is 24.3 Å². The number of urea groups is 1. The number of anilines is 1. The molecule has 0 aliphatic rings. The zero-order chi connectivity index (χ0) is 23.5. The molecule has 0 spiro atoms. The van der Waals surface area contributed by atoms with Gasteiger partial charge in [-0.1, -0.05) is 29.3 Å². The molecule has 2 aromatic carbocycles. The van der Waals surface area contributed by atoms with Crippen molar-refractivity contribution in [3.8, 4) is 5.75 Å². The van der Waals surface area contributed by atoms with E-state index in [4.69, 9.17) is 23.2 Å². The van der Waals surface area contributed by atoms with E-state index in [1.807, 2.05) is 5.32 Å². The molecule has 2 rings (SSSR count). The number of rotatable bonds is 4. The van der Waals surface area contributed by atoms with Crippen LogP contribution in [0.4, 0.5) is 41.2 Å². The van der Waals surface area contributed by atoms with E-state index in [0.29, 0.717) is 0 Å². The first-order valence-corrected chi connectivity index (χ1v) is 8.42. The number of allylic oxidation sites excluding steroid dienone is 1. The fraction of sp³-hybridized carbons (Fsp3) is 0.0588. The van der Waals surface area contributed by atoms with Gasteiger partial charge in [-0.3, -0.25) is 10.1 Å². The molecular weight excluding hydrogens is 484 g/mol. The van der Waals surface area contributed by atoms with E-state index in [9.17, 15) is 40.3 Å².